The van der Waals surface area contributed by atoms with Crippen LogP contribution in [0.15, 0.2) is 71.6 Å². The van der Waals surface area contributed by atoms with Crippen molar-refractivity contribution in [1.29, 1.82) is 0 Å². The molecule has 1 aliphatic heterocycles. The van der Waals surface area contributed by atoms with E-state index in [2.05, 4.69) is 14.7 Å². The van der Waals surface area contributed by atoms with Crippen molar-refractivity contribution in [3.8, 4) is 11.5 Å². The van der Waals surface area contributed by atoms with Gasteiger partial charge >= 0.3 is 0 Å². The fraction of sp³-hybridized carbons (Fsp3) is 0.231. The van der Waals surface area contributed by atoms with Crippen molar-refractivity contribution >= 4 is 37.0 Å². The maximum absolute atomic E-state index is 13.6. The van der Waals surface area contributed by atoms with Crippen molar-refractivity contribution in [2.24, 2.45) is 0 Å². The number of benzene rings is 3. The Kier molecular flexibility index (Phi) is 7.05. The molecule has 3 aromatic carbocycles. The van der Waals surface area contributed by atoms with Crippen LogP contribution in [0, 0.1) is 0 Å². The second-order valence-electron chi connectivity index (χ2n) is 9.04. The first-order valence-electron chi connectivity index (χ1n) is 11.9. The number of ether oxygens (including phenoxy) is 2. The van der Waals surface area contributed by atoms with Crippen LogP contribution in [0.4, 0.5) is 0 Å². The third kappa shape index (κ3) is 5.46. The molecule has 39 heavy (non-hydrogen) atoms. The van der Waals surface area contributed by atoms with Gasteiger partial charge in [0.1, 0.15) is 27.5 Å². The van der Waals surface area contributed by atoms with Crippen molar-refractivity contribution in [3.05, 3.63) is 83.7 Å². The Morgan fingerprint density at radius 1 is 1.05 bits per heavy atom. The quantitative estimate of drug-likeness (QED) is 0.277. The minimum Gasteiger partial charge on any atom is -0.497 e. The molecule has 3 N–H and O–H groups in total. The molecule has 2 atom stereocenters. The standard InChI is InChI=1S/C26H26N4O7S2/c1-36-18-11-12-22(37-2)24(14-18)39(34,35)29-21(26-27-19-5-3-4-6-20(19)28-26)13-16-7-9-17(10-8-16)23-15-25(31)30-38(23,32)33/h3-12,14,21,23,29H,13,15H2,1-2H3,(H,27,28)(H,30,31)/t21-,23?/m0/s1. The maximum Gasteiger partial charge on any atom is 0.245 e. The van der Waals surface area contributed by atoms with Crippen molar-refractivity contribution in [1.82, 2.24) is 19.4 Å². The molecule has 4 aromatic rings. The van der Waals surface area contributed by atoms with E-state index in [4.69, 9.17) is 9.47 Å². The first-order valence-corrected chi connectivity index (χ1v) is 14.9. The van der Waals surface area contributed by atoms with E-state index in [1.807, 2.05) is 29.0 Å². The van der Waals surface area contributed by atoms with Gasteiger partial charge in [-0.15, -0.1) is 0 Å². The predicted octanol–water partition coefficient (Wildman–Crippen LogP) is 2.73. The van der Waals surface area contributed by atoms with Crippen LogP contribution in [0.5, 0.6) is 11.5 Å². The second kappa shape index (κ2) is 10.3. The lowest BCUT2D eigenvalue weighted by molar-refractivity contribution is -0.118. The Labute approximate surface area is 225 Å². The minimum atomic E-state index is -4.12. The molecule has 1 aliphatic rings. The van der Waals surface area contributed by atoms with Crippen molar-refractivity contribution in [2.45, 2.75) is 29.0 Å². The molecule has 1 saturated heterocycles. The van der Waals surface area contributed by atoms with Gasteiger partial charge in [0.05, 0.1) is 37.7 Å². The number of imidazole rings is 1. The second-order valence-corrected chi connectivity index (χ2v) is 12.6. The Hall–Kier alpha value is -3.94. The largest absolute Gasteiger partial charge is 0.497 e. The number of amides is 1. The van der Waals surface area contributed by atoms with Crippen LogP contribution >= 0.6 is 0 Å². The zero-order chi connectivity index (χ0) is 27.8. The minimum absolute atomic E-state index is 0.0931. The average molecular weight is 571 g/mol. The van der Waals surface area contributed by atoms with E-state index in [-0.39, 0.29) is 23.5 Å². The Morgan fingerprint density at radius 2 is 1.79 bits per heavy atom. The molecule has 1 fully saturated rings. The summed E-state index contributed by atoms with van der Waals surface area (Å²) in [5.41, 5.74) is 2.61. The van der Waals surface area contributed by atoms with E-state index in [0.29, 0.717) is 22.7 Å². The normalized spacial score (nSPS) is 17.6. The molecule has 13 heteroatoms. The number of aromatic nitrogens is 2. The summed E-state index contributed by atoms with van der Waals surface area (Å²) in [6, 6.07) is 17.7. The molecule has 204 valence electrons. The van der Waals surface area contributed by atoms with Crippen LogP contribution in [-0.4, -0.2) is 46.9 Å². The van der Waals surface area contributed by atoms with E-state index in [9.17, 15) is 21.6 Å². The molecule has 1 unspecified atom stereocenters. The van der Waals surface area contributed by atoms with Gasteiger partial charge in [0.25, 0.3) is 0 Å². The van der Waals surface area contributed by atoms with Gasteiger partial charge in [0, 0.05) is 6.07 Å². The number of hydrogen-bond donors (Lipinski definition) is 3. The van der Waals surface area contributed by atoms with Crippen LogP contribution < -0.4 is 18.9 Å². The summed E-state index contributed by atoms with van der Waals surface area (Å²) in [6.45, 7) is 0. The zero-order valence-electron chi connectivity index (χ0n) is 21.0. The Balaban J connectivity index is 1.49. The molecular formula is C26H26N4O7S2. The highest BCUT2D eigenvalue weighted by Crippen LogP contribution is 2.32. The first-order chi connectivity index (χ1) is 18.6. The third-order valence-corrected chi connectivity index (χ3v) is 9.68. The lowest BCUT2D eigenvalue weighted by Gasteiger charge is -2.19. The Bertz CT molecular complexity index is 1720. The first kappa shape index (κ1) is 26.7. The van der Waals surface area contributed by atoms with Crippen LogP contribution in [0.1, 0.15) is 34.7 Å². The number of rotatable bonds is 9. The van der Waals surface area contributed by atoms with Crippen molar-refractivity contribution in [2.75, 3.05) is 14.2 Å². The summed E-state index contributed by atoms with van der Waals surface area (Å²) < 4.78 is 67.0. The average Bonchev–Trinajstić information content (AvgIpc) is 3.47. The van der Waals surface area contributed by atoms with Crippen LogP contribution in [0.2, 0.25) is 0 Å². The SMILES string of the molecule is COc1ccc(OC)c(S(=O)(=O)N[C@@H](Cc2ccc(C3CC(=O)NS3(=O)=O)cc2)c2nc3ccccc3[nH]2)c1. The van der Waals surface area contributed by atoms with Crippen LogP contribution in [0.3, 0.4) is 0 Å². The number of fused-ring (bicyclic) bond motifs is 1. The number of sulfonamides is 2. The van der Waals surface area contributed by atoms with Gasteiger partial charge < -0.3 is 14.5 Å². The topological polar surface area (TPSA) is 157 Å². The number of methoxy groups -OCH3 is 2. The molecule has 0 saturated carbocycles. The number of nitrogens with zero attached hydrogens (tertiary/aromatic N) is 1. The number of hydrogen-bond acceptors (Lipinski definition) is 8. The number of para-hydroxylation sites is 2. The van der Waals surface area contributed by atoms with Gasteiger partial charge in [0.15, 0.2) is 0 Å². The van der Waals surface area contributed by atoms with E-state index in [1.165, 1.54) is 26.4 Å². The molecule has 1 aromatic heterocycles. The zero-order valence-corrected chi connectivity index (χ0v) is 22.7. The lowest BCUT2D eigenvalue weighted by atomic mass is 10.0. The van der Waals surface area contributed by atoms with Gasteiger partial charge in [-0.25, -0.2) is 26.5 Å². The maximum atomic E-state index is 13.6. The number of aromatic amines is 1. The molecule has 2 heterocycles. The molecule has 0 spiro atoms. The molecule has 5 rings (SSSR count). The molecule has 1 amide bonds. The predicted molar refractivity (Wildman–Crippen MR) is 143 cm³/mol. The summed E-state index contributed by atoms with van der Waals surface area (Å²) in [5, 5.41) is -0.968. The van der Waals surface area contributed by atoms with Crippen LogP contribution in [0.25, 0.3) is 11.0 Å². The van der Waals surface area contributed by atoms with Crippen molar-refractivity contribution < 1.29 is 31.1 Å². The molecule has 11 nitrogen and oxygen atoms in total. The van der Waals surface area contributed by atoms with Crippen LogP contribution in [-0.2, 0) is 31.3 Å². The number of carbonyl (C=O) groups excluding carboxylic acids is 1. The highest BCUT2D eigenvalue weighted by atomic mass is 32.2. The van der Waals surface area contributed by atoms with Gasteiger partial charge in [-0.3, -0.25) is 9.52 Å². The van der Waals surface area contributed by atoms with Gasteiger partial charge in [0.2, 0.25) is 26.0 Å². The number of carbonyl (C=O) groups is 1. The highest BCUT2D eigenvalue weighted by Gasteiger charge is 2.37. The Morgan fingerprint density at radius 3 is 2.44 bits per heavy atom. The number of nitrogens with one attached hydrogen (secondary N) is 3. The lowest BCUT2D eigenvalue weighted by Crippen LogP contribution is -2.31. The fourth-order valence-electron chi connectivity index (χ4n) is 4.53. The smallest absolute Gasteiger partial charge is 0.245 e. The summed E-state index contributed by atoms with van der Waals surface area (Å²) in [6.07, 6.45) is 0.0473. The van der Waals surface area contributed by atoms with E-state index in [1.54, 1.807) is 30.3 Å². The monoisotopic (exact) mass is 570 g/mol. The summed E-state index contributed by atoms with van der Waals surface area (Å²) in [5.74, 6) is 0.356. The van der Waals surface area contributed by atoms with E-state index >= 15 is 0 Å². The van der Waals surface area contributed by atoms with E-state index < -0.39 is 37.2 Å². The fourth-order valence-corrected chi connectivity index (χ4v) is 7.34. The molecular weight excluding hydrogens is 544 g/mol. The summed E-state index contributed by atoms with van der Waals surface area (Å²) in [4.78, 5) is 19.3. The number of H-pyrrole nitrogens is 1. The third-order valence-electron chi connectivity index (χ3n) is 6.49. The molecule has 0 bridgehead atoms. The molecule has 0 aliphatic carbocycles. The molecule has 0 radical (unpaired) electrons. The van der Waals surface area contributed by atoms with Gasteiger partial charge in [-0.2, -0.15) is 0 Å². The summed E-state index contributed by atoms with van der Waals surface area (Å²) >= 11 is 0. The van der Waals surface area contributed by atoms with Gasteiger partial charge in [-0.05, 0) is 41.8 Å². The summed E-state index contributed by atoms with van der Waals surface area (Å²) in [7, 11) is -5.08. The van der Waals surface area contributed by atoms with Crippen molar-refractivity contribution in [3.63, 3.8) is 0 Å². The highest BCUT2D eigenvalue weighted by molar-refractivity contribution is 7.90. The van der Waals surface area contributed by atoms with E-state index in [0.717, 1.165) is 11.1 Å². The van der Waals surface area contributed by atoms with Gasteiger partial charge in [-0.1, -0.05) is 36.4 Å².